The van der Waals surface area contributed by atoms with Crippen LogP contribution < -0.4 is 5.32 Å². The zero-order chi connectivity index (χ0) is 12.3. The maximum Gasteiger partial charge on any atom is 0.124 e. The van der Waals surface area contributed by atoms with Gasteiger partial charge in [0.2, 0.25) is 0 Å². The Morgan fingerprint density at radius 3 is 2.88 bits per heavy atom. The first-order valence-corrected chi connectivity index (χ1v) is 7.09. The van der Waals surface area contributed by atoms with Gasteiger partial charge in [0.25, 0.3) is 0 Å². The first-order chi connectivity index (χ1) is 8.17. The highest BCUT2D eigenvalue weighted by atomic mass is 79.9. The van der Waals surface area contributed by atoms with E-state index in [2.05, 4.69) is 21.2 Å². The summed E-state index contributed by atoms with van der Waals surface area (Å²) in [7, 11) is 2.03. The van der Waals surface area contributed by atoms with Gasteiger partial charge in [-0.2, -0.15) is 0 Å². The monoisotopic (exact) mass is 299 g/mol. The number of hydrogen-bond acceptors (Lipinski definition) is 1. The molecule has 0 amide bonds. The minimum absolute atomic E-state index is 0.143. The third kappa shape index (κ3) is 3.78. The molecule has 1 aliphatic carbocycles. The predicted molar refractivity (Wildman–Crippen MR) is 72.6 cm³/mol. The van der Waals surface area contributed by atoms with Crippen molar-refractivity contribution in [1.29, 1.82) is 0 Å². The summed E-state index contributed by atoms with van der Waals surface area (Å²) in [6.45, 7) is 0. The van der Waals surface area contributed by atoms with E-state index in [9.17, 15) is 4.39 Å². The lowest BCUT2D eigenvalue weighted by atomic mass is 9.82. The fourth-order valence-corrected chi connectivity index (χ4v) is 3.31. The standard InChI is InChI=1S/C14H19BrFN/c1-17-14-4-2-3-10(8-14)5-11-6-12(15)9-13(16)7-11/h6-7,9-10,14,17H,2-5,8H2,1H3. The summed E-state index contributed by atoms with van der Waals surface area (Å²) in [4.78, 5) is 0. The fraction of sp³-hybridized carbons (Fsp3) is 0.571. The van der Waals surface area contributed by atoms with E-state index in [-0.39, 0.29) is 5.82 Å². The van der Waals surface area contributed by atoms with Gasteiger partial charge in [-0.3, -0.25) is 0 Å². The number of benzene rings is 1. The molecule has 1 aromatic rings. The van der Waals surface area contributed by atoms with E-state index in [0.29, 0.717) is 12.0 Å². The van der Waals surface area contributed by atoms with E-state index in [1.54, 1.807) is 6.07 Å². The van der Waals surface area contributed by atoms with E-state index in [4.69, 9.17) is 0 Å². The number of rotatable bonds is 3. The van der Waals surface area contributed by atoms with Gasteiger partial charge in [-0.25, -0.2) is 4.39 Å². The van der Waals surface area contributed by atoms with Crippen LogP contribution in [0, 0.1) is 11.7 Å². The summed E-state index contributed by atoms with van der Waals surface area (Å²) < 4.78 is 14.1. The molecule has 1 aliphatic rings. The van der Waals surface area contributed by atoms with Gasteiger partial charge >= 0.3 is 0 Å². The SMILES string of the molecule is CNC1CCCC(Cc2cc(F)cc(Br)c2)C1. The Morgan fingerprint density at radius 1 is 1.35 bits per heavy atom. The van der Waals surface area contributed by atoms with E-state index < -0.39 is 0 Å². The molecule has 0 radical (unpaired) electrons. The van der Waals surface area contributed by atoms with E-state index in [1.807, 2.05) is 13.1 Å². The van der Waals surface area contributed by atoms with Crippen LogP contribution in [-0.4, -0.2) is 13.1 Å². The Kier molecular flexibility index (Phi) is 4.57. The Labute approximate surface area is 111 Å². The molecular weight excluding hydrogens is 281 g/mol. The Hall–Kier alpha value is -0.410. The van der Waals surface area contributed by atoms with Gasteiger partial charge in [0.05, 0.1) is 0 Å². The van der Waals surface area contributed by atoms with E-state index >= 15 is 0 Å². The van der Waals surface area contributed by atoms with Crippen LogP contribution in [0.3, 0.4) is 0 Å². The van der Waals surface area contributed by atoms with Crippen LogP contribution in [0.1, 0.15) is 31.2 Å². The maximum atomic E-state index is 13.3. The average Bonchev–Trinajstić information content (AvgIpc) is 2.28. The molecule has 0 aliphatic heterocycles. The third-order valence-electron chi connectivity index (χ3n) is 3.64. The second kappa shape index (κ2) is 5.96. The molecule has 1 fully saturated rings. The molecule has 3 heteroatoms. The van der Waals surface area contributed by atoms with Crippen molar-refractivity contribution in [2.24, 2.45) is 5.92 Å². The smallest absolute Gasteiger partial charge is 0.124 e. The van der Waals surface area contributed by atoms with Crippen molar-refractivity contribution >= 4 is 15.9 Å². The van der Waals surface area contributed by atoms with Crippen LogP contribution in [0.2, 0.25) is 0 Å². The van der Waals surface area contributed by atoms with Crippen molar-refractivity contribution in [2.45, 2.75) is 38.1 Å². The van der Waals surface area contributed by atoms with Crippen LogP contribution >= 0.6 is 15.9 Å². The minimum Gasteiger partial charge on any atom is -0.317 e. The van der Waals surface area contributed by atoms with Crippen LogP contribution in [0.25, 0.3) is 0 Å². The highest BCUT2D eigenvalue weighted by molar-refractivity contribution is 9.10. The molecule has 0 saturated heterocycles. The van der Waals surface area contributed by atoms with Gasteiger partial charge in [0, 0.05) is 10.5 Å². The molecule has 2 atom stereocenters. The summed E-state index contributed by atoms with van der Waals surface area (Å²) in [6.07, 6.45) is 6.04. The molecule has 94 valence electrons. The van der Waals surface area contributed by atoms with Gasteiger partial charge in [0.1, 0.15) is 5.82 Å². The van der Waals surface area contributed by atoms with E-state index in [1.165, 1.54) is 31.7 Å². The molecule has 1 nitrogen and oxygen atoms in total. The van der Waals surface area contributed by atoms with Gasteiger partial charge in [0.15, 0.2) is 0 Å². The predicted octanol–water partition coefficient (Wildman–Crippen LogP) is 3.91. The summed E-state index contributed by atoms with van der Waals surface area (Å²) >= 11 is 3.35. The Balaban J connectivity index is 2.00. The average molecular weight is 300 g/mol. The zero-order valence-corrected chi connectivity index (χ0v) is 11.8. The van der Waals surface area contributed by atoms with Crippen LogP contribution in [0.15, 0.2) is 22.7 Å². The second-order valence-electron chi connectivity index (χ2n) is 5.00. The Bertz CT molecular complexity index is 360. The third-order valence-corrected chi connectivity index (χ3v) is 4.10. The second-order valence-corrected chi connectivity index (χ2v) is 5.92. The van der Waals surface area contributed by atoms with Crippen LogP contribution in [-0.2, 0) is 6.42 Å². The van der Waals surface area contributed by atoms with Gasteiger partial charge in [-0.05, 0) is 56.0 Å². The quantitative estimate of drug-likeness (QED) is 0.892. The first-order valence-electron chi connectivity index (χ1n) is 6.29. The van der Waals surface area contributed by atoms with Crippen LogP contribution in [0.5, 0.6) is 0 Å². The van der Waals surface area contributed by atoms with Gasteiger partial charge < -0.3 is 5.32 Å². The van der Waals surface area contributed by atoms with Gasteiger partial charge in [-0.15, -0.1) is 0 Å². The highest BCUT2D eigenvalue weighted by Gasteiger charge is 2.21. The summed E-state index contributed by atoms with van der Waals surface area (Å²) in [6, 6.07) is 5.85. The van der Waals surface area contributed by atoms with Crippen LogP contribution in [0.4, 0.5) is 4.39 Å². The molecule has 2 unspecified atom stereocenters. The number of hydrogen-bond donors (Lipinski definition) is 1. The largest absolute Gasteiger partial charge is 0.317 e. The maximum absolute atomic E-state index is 13.3. The molecule has 1 N–H and O–H groups in total. The lowest BCUT2D eigenvalue weighted by molar-refractivity contribution is 0.294. The topological polar surface area (TPSA) is 12.0 Å². The molecule has 0 aromatic heterocycles. The number of halogens is 2. The zero-order valence-electron chi connectivity index (χ0n) is 10.2. The minimum atomic E-state index is -0.143. The van der Waals surface area contributed by atoms with Crippen molar-refractivity contribution in [2.75, 3.05) is 7.05 Å². The lowest BCUT2D eigenvalue weighted by Gasteiger charge is -2.29. The molecule has 0 heterocycles. The van der Waals surface area contributed by atoms with Crippen molar-refractivity contribution < 1.29 is 4.39 Å². The summed E-state index contributed by atoms with van der Waals surface area (Å²) in [5.74, 6) is 0.547. The Morgan fingerprint density at radius 2 is 2.18 bits per heavy atom. The normalized spacial score (nSPS) is 24.9. The highest BCUT2D eigenvalue weighted by Crippen LogP contribution is 2.28. The lowest BCUT2D eigenvalue weighted by Crippen LogP contribution is -2.31. The molecule has 0 bridgehead atoms. The molecular formula is C14H19BrFN. The summed E-state index contributed by atoms with van der Waals surface area (Å²) in [5, 5.41) is 3.36. The van der Waals surface area contributed by atoms with E-state index in [0.717, 1.165) is 16.5 Å². The molecule has 0 spiro atoms. The molecule has 17 heavy (non-hydrogen) atoms. The van der Waals surface area contributed by atoms with Crippen molar-refractivity contribution in [3.05, 3.63) is 34.1 Å². The first kappa shape index (κ1) is 13.0. The molecule has 2 rings (SSSR count). The fourth-order valence-electron chi connectivity index (χ4n) is 2.80. The number of nitrogens with one attached hydrogen (secondary N) is 1. The molecule has 1 saturated carbocycles. The van der Waals surface area contributed by atoms with Crippen molar-refractivity contribution in [3.8, 4) is 0 Å². The van der Waals surface area contributed by atoms with Crippen molar-refractivity contribution in [1.82, 2.24) is 5.32 Å². The molecule has 1 aromatic carbocycles. The van der Waals surface area contributed by atoms with Gasteiger partial charge in [-0.1, -0.05) is 28.8 Å². The van der Waals surface area contributed by atoms with Crippen molar-refractivity contribution in [3.63, 3.8) is 0 Å². The summed E-state index contributed by atoms with van der Waals surface area (Å²) in [5.41, 5.74) is 1.11.